The summed E-state index contributed by atoms with van der Waals surface area (Å²) in [6, 6.07) is 9.43. The van der Waals surface area contributed by atoms with Crippen LogP contribution in [0, 0.1) is 30.9 Å². The average Bonchev–Trinajstić information content (AvgIpc) is 3.12. The Morgan fingerprint density at radius 2 is 1.97 bits per heavy atom. The lowest BCUT2D eigenvalue weighted by atomic mass is 9.99. The molecule has 11 heteroatoms. The molecule has 0 atom stereocenters. The Morgan fingerprint density at radius 3 is 2.68 bits per heavy atom. The summed E-state index contributed by atoms with van der Waals surface area (Å²) in [7, 11) is 0. The van der Waals surface area contributed by atoms with Gasteiger partial charge in [-0.3, -0.25) is 19.7 Å². The van der Waals surface area contributed by atoms with Crippen LogP contribution in [0.4, 0.5) is 11.4 Å². The van der Waals surface area contributed by atoms with Crippen molar-refractivity contribution in [3.05, 3.63) is 72.9 Å². The van der Waals surface area contributed by atoms with E-state index < -0.39 is 10.8 Å². The minimum atomic E-state index is -0.622. The van der Waals surface area contributed by atoms with Gasteiger partial charge >= 0.3 is 0 Å². The van der Waals surface area contributed by atoms with Crippen molar-refractivity contribution in [1.29, 1.82) is 0 Å². The number of aromatic amines is 1. The van der Waals surface area contributed by atoms with Gasteiger partial charge in [0.15, 0.2) is 5.16 Å². The quantitative estimate of drug-likeness (QED) is 0.113. The monoisotopic (exact) mass is 496 g/mol. The van der Waals surface area contributed by atoms with E-state index in [1.54, 1.807) is 0 Å². The summed E-state index contributed by atoms with van der Waals surface area (Å²) in [6.45, 7) is 6.01. The van der Waals surface area contributed by atoms with Gasteiger partial charge in [-0.25, -0.2) is 4.98 Å². The molecule has 0 aliphatic carbocycles. The molecule has 0 saturated carbocycles. The van der Waals surface area contributed by atoms with E-state index in [2.05, 4.69) is 21.4 Å². The number of fused-ring (bicyclic) bond motifs is 1. The molecule has 3 N–H and O–H groups in total. The summed E-state index contributed by atoms with van der Waals surface area (Å²) in [5, 5.41) is 24.0. The SMILES string of the molecule is Cc1ccc(-c2c(C)sc3nc(SCC(=O)Nc4cc([N+](=O)[O-])ccc4O)[nH]c(=O)c23)cc1C. The lowest BCUT2D eigenvalue weighted by Crippen LogP contribution is -2.15. The maximum Gasteiger partial charge on any atom is 0.271 e. The lowest BCUT2D eigenvalue weighted by molar-refractivity contribution is -0.384. The smallest absolute Gasteiger partial charge is 0.271 e. The van der Waals surface area contributed by atoms with Gasteiger partial charge in [0.05, 0.1) is 21.7 Å². The largest absolute Gasteiger partial charge is 0.506 e. The molecule has 2 aromatic heterocycles. The van der Waals surface area contributed by atoms with E-state index in [4.69, 9.17) is 0 Å². The number of aromatic nitrogens is 2. The number of phenols is 1. The number of carbonyl (C=O) groups excluding carboxylic acids is 1. The Bertz CT molecular complexity index is 1510. The Balaban J connectivity index is 1.55. The molecule has 9 nitrogen and oxygen atoms in total. The second kappa shape index (κ2) is 9.27. The number of aryl methyl sites for hydroxylation is 3. The van der Waals surface area contributed by atoms with Gasteiger partial charge in [0.1, 0.15) is 10.6 Å². The van der Waals surface area contributed by atoms with E-state index in [0.29, 0.717) is 10.2 Å². The molecule has 2 aromatic carbocycles. The Hall–Kier alpha value is -3.70. The number of non-ortho nitro benzene ring substituents is 1. The fourth-order valence-electron chi connectivity index (χ4n) is 3.47. The molecule has 0 aliphatic rings. The van der Waals surface area contributed by atoms with Crippen LogP contribution in [0.5, 0.6) is 5.75 Å². The van der Waals surface area contributed by atoms with Crippen molar-refractivity contribution in [1.82, 2.24) is 9.97 Å². The first kappa shape index (κ1) is 23.5. The highest BCUT2D eigenvalue weighted by atomic mass is 32.2. The number of nitrogens with one attached hydrogen (secondary N) is 2. The summed E-state index contributed by atoms with van der Waals surface area (Å²) in [5.74, 6) is -0.920. The number of thiophene rings is 1. The van der Waals surface area contributed by atoms with Gasteiger partial charge in [-0.05, 0) is 43.5 Å². The standard InChI is InChI=1S/C23H20N4O5S2/c1-11-4-5-14(8-12(11)2)19-13(3)34-22-20(19)21(30)25-23(26-22)33-10-18(29)24-16-9-15(27(31)32)6-7-17(16)28/h4-9,28H,10H2,1-3H3,(H,24,29)(H,25,26,30). The molecule has 0 aliphatic heterocycles. The van der Waals surface area contributed by atoms with E-state index in [1.807, 2.05) is 32.9 Å². The lowest BCUT2D eigenvalue weighted by Gasteiger charge is -2.07. The van der Waals surface area contributed by atoms with Crippen molar-refractivity contribution >= 4 is 50.6 Å². The zero-order valence-corrected chi connectivity index (χ0v) is 20.1. The molecule has 0 spiro atoms. The first-order chi connectivity index (χ1) is 16.1. The number of anilines is 1. The van der Waals surface area contributed by atoms with Crippen LogP contribution in [0.2, 0.25) is 0 Å². The molecule has 1 amide bonds. The van der Waals surface area contributed by atoms with Crippen LogP contribution >= 0.6 is 23.1 Å². The fourth-order valence-corrected chi connectivity index (χ4v) is 5.23. The predicted molar refractivity (Wildman–Crippen MR) is 134 cm³/mol. The van der Waals surface area contributed by atoms with E-state index >= 15 is 0 Å². The summed E-state index contributed by atoms with van der Waals surface area (Å²) < 4.78 is 0. The molecule has 4 rings (SSSR count). The number of H-pyrrole nitrogens is 1. The highest BCUT2D eigenvalue weighted by Gasteiger charge is 2.18. The second-order valence-corrected chi connectivity index (χ2v) is 9.85. The molecule has 2 heterocycles. The van der Waals surface area contributed by atoms with Crippen molar-refractivity contribution < 1.29 is 14.8 Å². The van der Waals surface area contributed by atoms with Gasteiger partial charge in [-0.15, -0.1) is 11.3 Å². The normalized spacial score (nSPS) is 11.0. The summed E-state index contributed by atoms with van der Waals surface area (Å²) in [5.41, 5.74) is 3.50. The third kappa shape index (κ3) is 4.66. The molecular formula is C23H20N4O5S2. The summed E-state index contributed by atoms with van der Waals surface area (Å²) >= 11 is 2.43. The number of rotatable bonds is 6. The van der Waals surface area contributed by atoms with Gasteiger partial charge in [0.25, 0.3) is 11.2 Å². The Kier molecular flexibility index (Phi) is 6.40. The Morgan fingerprint density at radius 1 is 1.21 bits per heavy atom. The minimum absolute atomic E-state index is 0.0661. The van der Waals surface area contributed by atoms with E-state index in [1.165, 1.54) is 16.9 Å². The van der Waals surface area contributed by atoms with Crippen molar-refractivity contribution in [3.8, 4) is 16.9 Å². The summed E-state index contributed by atoms with van der Waals surface area (Å²) in [4.78, 5) is 44.4. The number of aromatic hydroxyl groups is 1. The zero-order chi connectivity index (χ0) is 24.6. The molecule has 174 valence electrons. The highest BCUT2D eigenvalue weighted by molar-refractivity contribution is 7.99. The van der Waals surface area contributed by atoms with Crippen LogP contribution in [-0.4, -0.2) is 31.7 Å². The first-order valence-corrected chi connectivity index (χ1v) is 12.0. The molecule has 0 unspecified atom stereocenters. The number of carbonyl (C=O) groups is 1. The fraction of sp³-hybridized carbons (Fsp3) is 0.174. The first-order valence-electron chi connectivity index (χ1n) is 10.1. The minimum Gasteiger partial charge on any atom is -0.506 e. The zero-order valence-electron chi connectivity index (χ0n) is 18.5. The van der Waals surface area contributed by atoms with Crippen molar-refractivity contribution in [2.24, 2.45) is 0 Å². The average molecular weight is 497 g/mol. The van der Waals surface area contributed by atoms with Crippen LogP contribution < -0.4 is 10.9 Å². The second-order valence-electron chi connectivity index (χ2n) is 7.68. The van der Waals surface area contributed by atoms with Gasteiger partial charge in [0, 0.05) is 22.6 Å². The van der Waals surface area contributed by atoms with Crippen LogP contribution in [0.25, 0.3) is 21.3 Å². The molecule has 4 aromatic rings. The van der Waals surface area contributed by atoms with E-state index in [0.717, 1.165) is 51.5 Å². The highest BCUT2D eigenvalue weighted by Crippen LogP contribution is 2.36. The maximum absolute atomic E-state index is 12.9. The Labute approximate surface area is 202 Å². The van der Waals surface area contributed by atoms with Crippen molar-refractivity contribution in [3.63, 3.8) is 0 Å². The number of nitro benzene ring substituents is 1. The summed E-state index contributed by atoms with van der Waals surface area (Å²) in [6.07, 6.45) is 0. The van der Waals surface area contributed by atoms with Gasteiger partial charge in [-0.2, -0.15) is 0 Å². The van der Waals surface area contributed by atoms with Crippen molar-refractivity contribution in [2.45, 2.75) is 25.9 Å². The van der Waals surface area contributed by atoms with E-state index in [9.17, 15) is 24.8 Å². The number of thioether (sulfide) groups is 1. The number of amides is 1. The number of nitro groups is 1. The van der Waals surface area contributed by atoms with Gasteiger partial charge < -0.3 is 15.4 Å². The molecular weight excluding hydrogens is 476 g/mol. The molecule has 0 bridgehead atoms. The number of nitrogens with zero attached hydrogens (tertiary/aromatic N) is 2. The topological polar surface area (TPSA) is 138 Å². The number of phenolic OH excluding ortho intramolecular Hbond substituents is 1. The van der Waals surface area contributed by atoms with E-state index in [-0.39, 0.29) is 33.6 Å². The number of benzene rings is 2. The third-order valence-electron chi connectivity index (χ3n) is 5.32. The predicted octanol–water partition coefficient (Wildman–Crippen LogP) is 4.92. The van der Waals surface area contributed by atoms with Crippen LogP contribution in [0.3, 0.4) is 0 Å². The van der Waals surface area contributed by atoms with Gasteiger partial charge in [-0.1, -0.05) is 30.0 Å². The number of hydrogen-bond donors (Lipinski definition) is 3. The van der Waals surface area contributed by atoms with Crippen LogP contribution in [0.15, 0.2) is 46.3 Å². The van der Waals surface area contributed by atoms with Gasteiger partial charge in [0.2, 0.25) is 5.91 Å². The van der Waals surface area contributed by atoms with Crippen LogP contribution in [0.1, 0.15) is 16.0 Å². The molecule has 34 heavy (non-hydrogen) atoms. The maximum atomic E-state index is 12.9. The van der Waals surface area contributed by atoms with Crippen LogP contribution in [-0.2, 0) is 4.79 Å². The third-order valence-corrected chi connectivity index (χ3v) is 7.19. The molecule has 0 radical (unpaired) electrons. The number of hydrogen-bond acceptors (Lipinski definition) is 8. The van der Waals surface area contributed by atoms with Crippen molar-refractivity contribution in [2.75, 3.05) is 11.1 Å². The molecule has 0 fully saturated rings. The molecule has 0 saturated heterocycles.